The van der Waals surface area contributed by atoms with Crippen molar-refractivity contribution < 1.29 is 37.0 Å². The Labute approximate surface area is 198 Å². The average Bonchev–Trinajstić information content (AvgIpc) is 2.85. The van der Waals surface area contributed by atoms with E-state index in [0.717, 1.165) is 0 Å². The minimum atomic E-state index is -3.97. The van der Waals surface area contributed by atoms with Gasteiger partial charge in [-0.3, -0.25) is 4.79 Å². The first kappa shape index (κ1) is 25.5. The van der Waals surface area contributed by atoms with Gasteiger partial charge in [0, 0.05) is 13.1 Å². The highest BCUT2D eigenvalue weighted by molar-refractivity contribution is 7.92. The van der Waals surface area contributed by atoms with Gasteiger partial charge < -0.3 is 19.5 Å². The Kier molecular flexibility index (Phi) is 7.21. The molecule has 34 heavy (non-hydrogen) atoms. The van der Waals surface area contributed by atoms with Crippen LogP contribution in [0.3, 0.4) is 0 Å². The molecule has 1 heterocycles. The normalized spacial score (nSPS) is 20.3. The number of carbonyl (C=O) groups is 2. The van der Waals surface area contributed by atoms with Crippen LogP contribution < -0.4 is 4.74 Å². The molecule has 2 aromatic rings. The molecule has 0 saturated carbocycles. The van der Waals surface area contributed by atoms with Crippen molar-refractivity contribution in [3.8, 4) is 11.5 Å². The maximum Gasteiger partial charge on any atom is 0.410 e. The first-order chi connectivity index (χ1) is 15.8. The van der Waals surface area contributed by atoms with Gasteiger partial charge in [0.05, 0.1) is 12.2 Å². The molecule has 0 aromatic heterocycles. The number of carboxylic acid groups (broad SMARTS) is 1. The van der Waals surface area contributed by atoms with Crippen LogP contribution >= 0.6 is 0 Å². The van der Waals surface area contributed by atoms with Crippen LogP contribution in [0.25, 0.3) is 0 Å². The van der Waals surface area contributed by atoms with Gasteiger partial charge >= 0.3 is 12.1 Å². The van der Waals surface area contributed by atoms with Crippen LogP contribution in [0.2, 0.25) is 0 Å². The summed E-state index contributed by atoms with van der Waals surface area (Å²) in [5, 5.41) is 9.59. The maximum atomic E-state index is 13.4. The summed E-state index contributed by atoms with van der Waals surface area (Å²) in [6, 6.07) is 11.5. The Hall–Kier alpha value is -3.14. The molecule has 1 unspecified atom stereocenters. The first-order valence-corrected chi connectivity index (χ1v) is 12.4. The summed E-state index contributed by atoms with van der Waals surface area (Å²) >= 11 is 0. The van der Waals surface area contributed by atoms with E-state index in [1.807, 2.05) is 0 Å². The van der Waals surface area contributed by atoms with E-state index in [1.165, 1.54) is 53.4 Å². The molecule has 1 aliphatic rings. The lowest BCUT2D eigenvalue weighted by Gasteiger charge is -2.31. The molecule has 0 bridgehead atoms. The van der Waals surface area contributed by atoms with Crippen molar-refractivity contribution >= 4 is 21.9 Å². The number of aliphatic carboxylic acids is 1. The van der Waals surface area contributed by atoms with Crippen molar-refractivity contribution in [1.29, 1.82) is 0 Å². The molecule has 0 spiro atoms. The third-order valence-electron chi connectivity index (χ3n) is 5.53. The van der Waals surface area contributed by atoms with Crippen LogP contribution in [0.4, 0.5) is 9.18 Å². The van der Waals surface area contributed by atoms with Gasteiger partial charge in [0.1, 0.15) is 27.7 Å². The Balaban J connectivity index is 1.91. The Bertz CT molecular complexity index is 1140. The molecule has 10 heteroatoms. The zero-order valence-corrected chi connectivity index (χ0v) is 20.1. The number of ether oxygens (including phenoxy) is 2. The van der Waals surface area contributed by atoms with E-state index in [1.54, 1.807) is 20.8 Å². The highest BCUT2D eigenvalue weighted by Gasteiger charge is 2.49. The second-order valence-corrected chi connectivity index (χ2v) is 11.6. The molecule has 0 radical (unpaired) electrons. The number of halogens is 1. The monoisotopic (exact) mass is 493 g/mol. The van der Waals surface area contributed by atoms with Crippen molar-refractivity contribution in [3.63, 3.8) is 0 Å². The minimum absolute atomic E-state index is 0.0231. The number of benzene rings is 2. The van der Waals surface area contributed by atoms with Crippen LogP contribution in [0.5, 0.6) is 11.5 Å². The van der Waals surface area contributed by atoms with Crippen LogP contribution in [0.15, 0.2) is 48.5 Å². The van der Waals surface area contributed by atoms with Gasteiger partial charge in [0.15, 0.2) is 9.84 Å². The Morgan fingerprint density at radius 2 is 1.59 bits per heavy atom. The van der Waals surface area contributed by atoms with Crippen molar-refractivity contribution in [2.75, 3.05) is 18.8 Å². The largest absolute Gasteiger partial charge is 0.481 e. The van der Waals surface area contributed by atoms with Gasteiger partial charge in [0.25, 0.3) is 0 Å². The molecular weight excluding hydrogens is 465 g/mol. The van der Waals surface area contributed by atoms with Gasteiger partial charge in [-0.05, 0) is 69.2 Å². The van der Waals surface area contributed by atoms with Gasteiger partial charge in [-0.15, -0.1) is 0 Å². The van der Waals surface area contributed by atoms with Gasteiger partial charge in [0.2, 0.25) is 0 Å². The lowest BCUT2D eigenvalue weighted by Crippen LogP contribution is -2.40. The molecule has 1 amide bonds. The molecule has 1 N–H and O–H groups in total. The van der Waals surface area contributed by atoms with Crippen molar-refractivity contribution in [1.82, 2.24) is 4.90 Å². The summed E-state index contributed by atoms with van der Waals surface area (Å²) < 4.78 is 49.2. The topological polar surface area (TPSA) is 110 Å². The number of hydrogen-bond donors (Lipinski definition) is 1. The zero-order valence-electron chi connectivity index (χ0n) is 19.3. The average molecular weight is 494 g/mol. The highest BCUT2D eigenvalue weighted by atomic mass is 32.2. The van der Waals surface area contributed by atoms with Crippen LogP contribution in [-0.4, -0.2) is 54.9 Å². The summed E-state index contributed by atoms with van der Waals surface area (Å²) in [5.74, 6) is -1.29. The molecule has 1 atom stereocenters. The molecule has 1 aliphatic heterocycles. The highest BCUT2D eigenvalue weighted by Crippen LogP contribution is 2.41. The predicted molar refractivity (Wildman–Crippen MR) is 123 cm³/mol. The molecule has 3 rings (SSSR count). The third-order valence-corrected chi connectivity index (χ3v) is 8.02. The lowest BCUT2D eigenvalue weighted by molar-refractivity contribution is -0.137. The molecule has 2 aromatic carbocycles. The van der Waals surface area contributed by atoms with Gasteiger partial charge in [-0.2, -0.15) is 0 Å². The SMILES string of the molecule is CC(C)(C)OC(=O)N1CCC(CC(=O)O)(c2ccc(Oc3ccc(F)cc3)cc2)S(=O)(=O)CC1. The third kappa shape index (κ3) is 5.85. The van der Waals surface area contributed by atoms with Crippen molar-refractivity contribution in [2.24, 2.45) is 0 Å². The number of sulfone groups is 1. The molecular formula is C24H28FNO7S. The molecule has 1 fully saturated rings. The smallest absolute Gasteiger partial charge is 0.410 e. The second-order valence-electron chi connectivity index (χ2n) is 9.18. The van der Waals surface area contributed by atoms with E-state index >= 15 is 0 Å². The van der Waals surface area contributed by atoms with E-state index in [9.17, 15) is 27.5 Å². The van der Waals surface area contributed by atoms with E-state index in [0.29, 0.717) is 17.1 Å². The number of hydrogen-bond acceptors (Lipinski definition) is 6. The molecule has 8 nitrogen and oxygen atoms in total. The van der Waals surface area contributed by atoms with Crippen LogP contribution in [0.1, 0.15) is 39.2 Å². The molecule has 1 saturated heterocycles. The number of carboxylic acids is 1. The van der Waals surface area contributed by atoms with E-state index in [-0.39, 0.29) is 19.5 Å². The minimum Gasteiger partial charge on any atom is -0.481 e. The standard InChI is InChI=1S/C24H28FNO7S/c1-23(2,3)33-22(29)26-13-12-24(16-21(27)28,34(30,31)15-14-26)17-4-8-19(9-5-17)32-20-10-6-18(25)7-11-20/h4-11H,12-16H2,1-3H3,(H,27,28). The first-order valence-electron chi connectivity index (χ1n) is 10.8. The van der Waals surface area contributed by atoms with Crippen LogP contribution in [0, 0.1) is 5.82 Å². The predicted octanol–water partition coefficient (Wildman–Crippen LogP) is 4.34. The number of rotatable bonds is 5. The number of nitrogens with zero attached hydrogens (tertiary/aromatic N) is 1. The fourth-order valence-electron chi connectivity index (χ4n) is 3.85. The van der Waals surface area contributed by atoms with Crippen molar-refractivity contribution in [3.05, 3.63) is 59.9 Å². The maximum absolute atomic E-state index is 13.4. The fourth-order valence-corrected chi connectivity index (χ4v) is 5.94. The van der Waals surface area contributed by atoms with Crippen molar-refractivity contribution in [2.45, 2.75) is 44.0 Å². The van der Waals surface area contributed by atoms with Gasteiger partial charge in [-0.1, -0.05) is 12.1 Å². The van der Waals surface area contributed by atoms with E-state index in [4.69, 9.17) is 9.47 Å². The fraction of sp³-hybridized carbons (Fsp3) is 0.417. The summed E-state index contributed by atoms with van der Waals surface area (Å²) in [7, 11) is -3.97. The number of carbonyl (C=O) groups excluding carboxylic acids is 1. The summed E-state index contributed by atoms with van der Waals surface area (Å²) in [5.41, 5.74) is -0.451. The second kappa shape index (κ2) is 9.61. The quantitative estimate of drug-likeness (QED) is 0.660. The molecule has 184 valence electrons. The van der Waals surface area contributed by atoms with Crippen LogP contribution in [-0.2, 0) is 24.1 Å². The Morgan fingerprint density at radius 3 is 2.12 bits per heavy atom. The molecule has 0 aliphatic carbocycles. The summed E-state index contributed by atoms with van der Waals surface area (Å²) in [6.45, 7) is 5.07. The zero-order chi connectivity index (χ0) is 25.1. The lowest BCUT2D eigenvalue weighted by atomic mass is 9.91. The summed E-state index contributed by atoms with van der Waals surface area (Å²) in [6.07, 6.45) is -1.38. The Morgan fingerprint density at radius 1 is 1.03 bits per heavy atom. The van der Waals surface area contributed by atoms with E-state index < -0.39 is 50.2 Å². The summed E-state index contributed by atoms with van der Waals surface area (Å²) in [4.78, 5) is 25.6. The van der Waals surface area contributed by atoms with E-state index in [2.05, 4.69) is 0 Å². The van der Waals surface area contributed by atoms with Gasteiger partial charge in [-0.25, -0.2) is 17.6 Å². The number of amides is 1.